The Balaban J connectivity index is 1.22. The third-order valence-electron chi connectivity index (χ3n) is 9.96. The molecule has 0 saturated carbocycles. The fraction of sp³-hybridized carbons (Fsp3) is 0.0851. The van der Waals surface area contributed by atoms with Gasteiger partial charge in [-0.3, -0.25) is 0 Å². The zero-order valence-electron chi connectivity index (χ0n) is 29.4. The lowest BCUT2D eigenvalue weighted by Gasteiger charge is -2.21. The highest BCUT2D eigenvalue weighted by molar-refractivity contribution is 6.12. The minimum atomic E-state index is 0.222. The zero-order chi connectivity index (χ0) is 35.7. The van der Waals surface area contributed by atoms with E-state index in [9.17, 15) is 0 Å². The van der Waals surface area contributed by atoms with Crippen molar-refractivity contribution in [2.24, 2.45) is 0 Å². The maximum Gasteiger partial charge on any atom is 0.164 e. The Morgan fingerprint density at radius 2 is 1.21 bits per heavy atom. The fourth-order valence-electron chi connectivity index (χ4n) is 7.37. The van der Waals surface area contributed by atoms with Gasteiger partial charge in [0.15, 0.2) is 17.5 Å². The van der Waals surface area contributed by atoms with E-state index in [1.807, 2.05) is 79.0 Å². The molecular weight excluding hydrogens is 651 g/mol. The number of rotatable bonds is 8. The molecular formula is C47H35N5O. The van der Waals surface area contributed by atoms with Crippen LogP contribution in [0, 0.1) is 6.92 Å². The molecule has 0 aliphatic carbocycles. The molecule has 0 unspecified atom stereocenters. The van der Waals surface area contributed by atoms with Crippen molar-refractivity contribution in [3.8, 4) is 56.5 Å². The molecule has 0 amide bonds. The molecule has 6 heteroatoms. The van der Waals surface area contributed by atoms with Gasteiger partial charge in [-0.2, -0.15) is 0 Å². The van der Waals surface area contributed by atoms with Crippen LogP contribution in [-0.2, 0) is 0 Å². The van der Waals surface area contributed by atoms with E-state index in [0.29, 0.717) is 17.5 Å². The van der Waals surface area contributed by atoms with Gasteiger partial charge in [-0.1, -0.05) is 128 Å². The van der Waals surface area contributed by atoms with Crippen LogP contribution in [0.3, 0.4) is 0 Å². The predicted molar refractivity (Wildman–Crippen MR) is 213 cm³/mol. The first-order valence-electron chi connectivity index (χ1n) is 17.9. The van der Waals surface area contributed by atoms with Crippen molar-refractivity contribution in [1.82, 2.24) is 24.9 Å². The monoisotopic (exact) mass is 685 g/mol. The van der Waals surface area contributed by atoms with Gasteiger partial charge in [0.25, 0.3) is 0 Å². The summed E-state index contributed by atoms with van der Waals surface area (Å²) < 4.78 is 6.47. The lowest BCUT2D eigenvalue weighted by molar-refractivity contribution is 0.669. The average molecular weight is 686 g/mol. The Labute approximate surface area is 307 Å². The van der Waals surface area contributed by atoms with Crippen LogP contribution in [-0.4, -0.2) is 24.9 Å². The van der Waals surface area contributed by atoms with Gasteiger partial charge in [0, 0.05) is 45.1 Å². The Hall–Kier alpha value is -6.79. The van der Waals surface area contributed by atoms with Crippen LogP contribution in [0.1, 0.15) is 36.0 Å². The third-order valence-corrected chi connectivity index (χ3v) is 9.96. The van der Waals surface area contributed by atoms with Gasteiger partial charge >= 0.3 is 0 Å². The highest BCUT2D eigenvalue weighted by atomic mass is 16.3. The summed E-state index contributed by atoms with van der Waals surface area (Å²) in [5.41, 5.74) is 12.1. The van der Waals surface area contributed by atoms with Crippen LogP contribution >= 0.6 is 0 Å². The van der Waals surface area contributed by atoms with E-state index < -0.39 is 0 Å². The van der Waals surface area contributed by atoms with E-state index >= 15 is 0 Å². The van der Waals surface area contributed by atoms with Gasteiger partial charge in [-0.05, 0) is 65.4 Å². The predicted octanol–water partition coefficient (Wildman–Crippen LogP) is 11.7. The molecule has 254 valence electrons. The summed E-state index contributed by atoms with van der Waals surface area (Å²) in [5.74, 6) is 2.05. The molecule has 0 N–H and O–H groups in total. The van der Waals surface area contributed by atoms with Crippen LogP contribution in [0.15, 0.2) is 163 Å². The van der Waals surface area contributed by atoms with Crippen molar-refractivity contribution in [2.45, 2.75) is 26.2 Å². The number of benzene rings is 6. The van der Waals surface area contributed by atoms with E-state index in [1.165, 1.54) is 11.1 Å². The maximum absolute atomic E-state index is 6.47. The summed E-state index contributed by atoms with van der Waals surface area (Å²) >= 11 is 0. The van der Waals surface area contributed by atoms with E-state index in [0.717, 1.165) is 73.0 Å². The molecule has 0 radical (unpaired) electrons. The largest absolute Gasteiger partial charge is 0.456 e. The summed E-state index contributed by atoms with van der Waals surface area (Å²) in [7, 11) is 0. The molecule has 0 spiro atoms. The standard InChI is InChI=1S/C47H35N5O/c1-3-36(31-14-7-4-8-15-31)37-24-22-34(26-39(37)44-30(2)28-48-29-49-44)35-23-25-41-40(27-35)43-38(20-13-21-42(43)53-41)47-51-45(32-16-9-5-10-17-32)50-46(52-47)33-18-11-6-12-19-33/h4-29,36H,3H2,1-2H3/t36-/m0/s1. The van der Waals surface area contributed by atoms with Crippen molar-refractivity contribution >= 4 is 21.9 Å². The lowest BCUT2D eigenvalue weighted by Crippen LogP contribution is -2.04. The second-order valence-electron chi connectivity index (χ2n) is 13.3. The van der Waals surface area contributed by atoms with Crippen molar-refractivity contribution in [2.75, 3.05) is 0 Å². The molecule has 1 atom stereocenters. The number of aryl methyl sites for hydroxylation is 1. The number of aromatic nitrogens is 5. The van der Waals surface area contributed by atoms with E-state index in [2.05, 4.69) is 91.6 Å². The number of hydrogen-bond donors (Lipinski definition) is 0. The third kappa shape index (κ3) is 6.04. The molecule has 0 fully saturated rings. The van der Waals surface area contributed by atoms with Gasteiger partial charge < -0.3 is 4.42 Å². The summed E-state index contributed by atoms with van der Waals surface area (Å²) in [4.78, 5) is 24.1. The van der Waals surface area contributed by atoms with Gasteiger partial charge in [-0.15, -0.1) is 0 Å². The van der Waals surface area contributed by atoms with Gasteiger partial charge in [-0.25, -0.2) is 24.9 Å². The van der Waals surface area contributed by atoms with Crippen molar-refractivity contribution < 1.29 is 4.42 Å². The molecule has 0 aliphatic heterocycles. The molecule has 0 bridgehead atoms. The maximum atomic E-state index is 6.47. The van der Waals surface area contributed by atoms with Crippen LogP contribution < -0.4 is 0 Å². The summed E-state index contributed by atoms with van der Waals surface area (Å²) in [6.07, 6.45) is 4.49. The van der Waals surface area contributed by atoms with Crippen molar-refractivity contribution in [3.05, 3.63) is 175 Å². The summed E-state index contributed by atoms with van der Waals surface area (Å²) in [5, 5.41) is 1.96. The Bertz CT molecular complexity index is 2670. The fourth-order valence-corrected chi connectivity index (χ4v) is 7.37. The molecule has 53 heavy (non-hydrogen) atoms. The van der Waals surface area contributed by atoms with E-state index in [1.54, 1.807) is 6.33 Å². The summed E-state index contributed by atoms with van der Waals surface area (Å²) in [6, 6.07) is 50.1. The number of fused-ring (bicyclic) bond motifs is 3. The second-order valence-corrected chi connectivity index (χ2v) is 13.3. The number of nitrogens with zero attached hydrogens (tertiary/aromatic N) is 5. The highest BCUT2D eigenvalue weighted by Crippen LogP contribution is 2.41. The minimum Gasteiger partial charge on any atom is -0.456 e. The summed E-state index contributed by atoms with van der Waals surface area (Å²) in [6.45, 7) is 4.32. The molecule has 6 aromatic carbocycles. The lowest BCUT2D eigenvalue weighted by atomic mass is 9.83. The van der Waals surface area contributed by atoms with Gasteiger partial charge in [0.2, 0.25) is 0 Å². The molecule has 3 heterocycles. The Kier molecular flexibility index (Phi) is 8.33. The molecule has 9 rings (SSSR count). The smallest absolute Gasteiger partial charge is 0.164 e. The zero-order valence-corrected chi connectivity index (χ0v) is 29.4. The van der Waals surface area contributed by atoms with Crippen molar-refractivity contribution in [1.29, 1.82) is 0 Å². The van der Waals surface area contributed by atoms with Crippen LogP contribution in [0.4, 0.5) is 0 Å². The van der Waals surface area contributed by atoms with E-state index in [4.69, 9.17) is 24.4 Å². The second kappa shape index (κ2) is 13.7. The topological polar surface area (TPSA) is 77.6 Å². The van der Waals surface area contributed by atoms with Crippen LogP contribution in [0.2, 0.25) is 0 Å². The molecule has 9 aromatic rings. The highest BCUT2D eigenvalue weighted by Gasteiger charge is 2.21. The molecule has 3 aromatic heterocycles. The van der Waals surface area contributed by atoms with Gasteiger partial charge in [0.05, 0.1) is 5.69 Å². The molecule has 0 saturated heterocycles. The first-order valence-corrected chi connectivity index (χ1v) is 17.9. The Morgan fingerprint density at radius 1 is 0.566 bits per heavy atom. The van der Waals surface area contributed by atoms with Crippen molar-refractivity contribution in [3.63, 3.8) is 0 Å². The molecule has 6 nitrogen and oxygen atoms in total. The van der Waals surface area contributed by atoms with E-state index in [-0.39, 0.29) is 5.92 Å². The van der Waals surface area contributed by atoms with Crippen LogP contribution in [0.25, 0.3) is 78.5 Å². The van der Waals surface area contributed by atoms with Crippen LogP contribution in [0.5, 0.6) is 0 Å². The quantitative estimate of drug-likeness (QED) is 0.158. The number of furan rings is 1. The molecule has 0 aliphatic rings. The number of hydrogen-bond acceptors (Lipinski definition) is 6. The normalized spacial score (nSPS) is 12.0. The average Bonchev–Trinajstić information content (AvgIpc) is 3.61. The first kappa shape index (κ1) is 32.1. The SMILES string of the molecule is CC[C@@H](c1ccccc1)c1ccc(-c2ccc3oc4cccc(-c5nc(-c6ccccc6)nc(-c6ccccc6)n5)c4c3c2)cc1-c1ncncc1C. The van der Waals surface area contributed by atoms with Gasteiger partial charge in [0.1, 0.15) is 17.5 Å². The first-order chi connectivity index (χ1) is 26.1. The minimum absolute atomic E-state index is 0.222. The Morgan fingerprint density at radius 3 is 1.89 bits per heavy atom.